The lowest BCUT2D eigenvalue weighted by Gasteiger charge is -2.40. The third-order valence-corrected chi connectivity index (χ3v) is 4.75. The van der Waals surface area contributed by atoms with Crippen LogP contribution < -0.4 is 10.6 Å². The molecule has 1 aliphatic heterocycles. The molecule has 1 fully saturated rings. The molecule has 0 amide bonds. The molecule has 1 aromatic rings. The van der Waals surface area contributed by atoms with Gasteiger partial charge in [-0.2, -0.15) is 0 Å². The van der Waals surface area contributed by atoms with Gasteiger partial charge in [0.1, 0.15) is 0 Å². The summed E-state index contributed by atoms with van der Waals surface area (Å²) in [5.74, 6) is 0. The molecule has 1 heterocycles. The van der Waals surface area contributed by atoms with E-state index in [2.05, 4.69) is 81.2 Å². The zero-order valence-corrected chi connectivity index (χ0v) is 13.9. The van der Waals surface area contributed by atoms with Crippen LogP contribution in [0, 0.1) is 8.99 Å². The first kappa shape index (κ1) is 13.6. The summed E-state index contributed by atoms with van der Waals surface area (Å²) in [6, 6.07) is 6.95. The van der Waals surface area contributed by atoms with Crippen molar-refractivity contribution in [1.82, 2.24) is 5.32 Å². The summed E-state index contributed by atoms with van der Waals surface area (Å²) in [5, 5.41) is 7.15. The van der Waals surface area contributed by atoms with Gasteiger partial charge in [0.15, 0.2) is 0 Å². The molecule has 0 aliphatic carbocycles. The molecule has 0 saturated carbocycles. The van der Waals surface area contributed by atoms with E-state index in [1.807, 2.05) is 0 Å². The van der Waals surface area contributed by atoms with Crippen molar-refractivity contribution in [3.8, 4) is 0 Å². The van der Waals surface area contributed by atoms with E-state index >= 15 is 0 Å². The first-order chi connectivity index (χ1) is 7.99. The third kappa shape index (κ3) is 3.35. The average molecular weight is 409 g/mol. The first-order valence-corrected chi connectivity index (χ1v) is 7.78. The van der Waals surface area contributed by atoms with Crippen LogP contribution in [0.5, 0.6) is 0 Å². The second-order valence-electron chi connectivity index (χ2n) is 5.28. The van der Waals surface area contributed by atoms with Crippen molar-refractivity contribution in [2.75, 3.05) is 18.4 Å². The van der Waals surface area contributed by atoms with E-state index in [9.17, 15) is 0 Å². The molecule has 0 spiro atoms. The number of benzene rings is 1. The van der Waals surface area contributed by atoms with Gasteiger partial charge < -0.3 is 10.6 Å². The zero-order valence-electron chi connectivity index (χ0n) is 10.2. The fraction of sp³-hybridized carbons (Fsp3) is 0.538. The molecule has 2 rings (SSSR count). The Hall–Kier alpha value is 0.190. The smallest absolute Gasteiger partial charge is 0.0497 e. The van der Waals surface area contributed by atoms with Crippen molar-refractivity contribution in [2.45, 2.75) is 26.3 Å². The summed E-state index contributed by atoms with van der Waals surface area (Å²) in [6.45, 7) is 6.81. The standard InChI is InChI=1S/C13H18BrIN2/c1-13(2)8-16-6-5-12(13)17-11-7-9(15)3-4-10(11)14/h3-4,7,12,16-17H,5-6,8H2,1-2H3. The predicted molar refractivity (Wildman–Crippen MR) is 85.5 cm³/mol. The Balaban J connectivity index is 2.16. The molecule has 1 saturated heterocycles. The van der Waals surface area contributed by atoms with E-state index in [0.29, 0.717) is 11.5 Å². The molecule has 1 unspecified atom stereocenters. The summed E-state index contributed by atoms with van der Waals surface area (Å²) in [6.07, 6.45) is 1.17. The summed E-state index contributed by atoms with van der Waals surface area (Å²) in [7, 11) is 0. The number of piperidine rings is 1. The monoisotopic (exact) mass is 408 g/mol. The number of halogens is 2. The second kappa shape index (κ2) is 5.45. The van der Waals surface area contributed by atoms with E-state index in [0.717, 1.165) is 17.6 Å². The minimum absolute atomic E-state index is 0.291. The van der Waals surface area contributed by atoms with Crippen molar-refractivity contribution in [2.24, 2.45) is 5.41 Å². The fourth-order valence-electron chi connectivity index (χ4n) is 2.23. The van der Waals surface area contributed by atoms with Crippen molar-refractivity contribution in [1.29, 1.82) is 0 Å². The van der Waals surface area contributed by atoms with Gasteiger partial charge in [-0.05, 0) is 75.1 Å². The summed E-state index contributed by atoms with van der Waals surface area (Å²) >= 11 is 5.97. The highest BCUT2D eigenvalue weighted by atomic mass is 127. The maximum atomic E-state index is 3.69. The molecule has 1 atom stereocenters. The minimum atomic E-state index is 0.291. The topological polar surface area (TPSA) is 24.1 Å². The molecule has 4 heteroatoms. The Morgan fingerprint density at radius 1 is 1.47 bits per heavy atom. The largest absolute Gasteiger partial charge is 0.381 e. The van der Waals surface area contributed by atoms with E-state index in [1.165, 1.54) is 15.7 Å². The van der Waals surface area contributed by atoms with E-state index < -0.39 is 0 Å². The van der Waals surface area contributed by atoms with Gasteiger partial charge in [-0.1, -0.05) is 13.8 Å². The summed E-state index contributed by atoms with van der Waals surface area (Å²) < 4.78 is 2.41. The Bertz CT molecular complexity index is 406. The number of rotatable bonds is 2. The molecule has 1 aliphatic rings. The minimum Gasteiger partial charge on any atom is -0.381 e. The molecule has 17 heavy (non-hydrogen) atoms. The van der Waals surface area contributed by atoms with Crippen molar-refractivity contribution >= 4 is 44.2 Å². The van der Waals surface area contributed by atoms with Crippen LogP contribution in [0.4, 0.5) is 5.69 Å². The first-order valence-electron chi connectivity index (χ1n) is 5.91. The van der Waals surface area contributed by atoms with E-state index in [1.54, 1.807) is 0 Å². The van der Waals surface area contributed by atoms with Gasteiger partial charge in [-0.15, -0.1) is 0 Å². The molecular weight excluding hydrogens is 391 g/mol. The van der Waals surface area contributed by atoms with Crippen LogP contribution in [0.2, 0.25) is 0 Å². The van der Waals surface area contributed by atoms with Gasteiger partial charge in [0, 0.05) is 26.3 Å². The van der Waals surface area contributed by atoms with Gasteiger partial charge in [-0.3, -0.25) is 0 Å². The lowest BCUT2D eigenvalue weighted by molar-refractivity contribution is 0.236. The lowest BCUT2D eigenvalue weighted by atomic mass is 9.80. The van der Waals surface area contributed by atoms with Gasteiger partial charge in [0.25, 0.3) is 0 Å². The molecule has 0 bridgehead atoms. The fourth-order valence-corrected chi connectivity index (χ4v) is 3.09. The van der Waals surface area contributed by atoms with Crippen LogP contribution >= 0.6 is 38.5 Å². The Morgan fingerprint density at radius 3 is 2.94 bits per heavy atom. The molecule has 0 radical (unpaired) electrons. The molecule has 1 aromatic carbocycles. The molecule has 94 valence electrons. The predicted octanol–water partition coefficient (Wildman–Crippen LogP) is 3.85. The highest BCUT2D eigenvalue weighted by Crippen LogP contribution is 2.31. The Morgan fingerprint density at radius 2 is 2.24 bits per heavy atom. The SMILES string of the molecule is CC1(C)CNCCC1Nc1cc(I)ccc1Br. The van der Waals surface area contributed by atoms with E-state index in [4.69, 9.17) is 0 Å². The van der Waals surface area contributed by atoms with Crippen LogP contribution in [-0.2, 0) is 0 Å². The van der Waals surface area contributed by atoms with Crippen LogP contribution in [0.25, 0.3) is 0 Å². The number of hydrogen-bond donors (Lipinski definition) is 2. The van der Waals surface area contributed by atoms with E-state index in [-0.39, 0.29) is 0 Å². The van der Waals surface area contributed by atoms with Gasteiger partial charge in [0.2, 0.25) is 0 Å². The average Bonchev–Trinajstić information content (AvgIpc) is 2.26. The molecular formula is C13H18BrIN2. The molecule has 0 aromatic heterocycles. The second-order valence-corrected chi connectivity index (χ2v) is 7.38. The quantitative estimate of drug-likeness (QED) is 0.726. The van der Waals surface area contributed by atoms with Crippen LogP contribution in [-0.4, -0.2) is 19.1 Å². The maximum absolute atomic E-state index is 3.69. The maximum Gasteiger partial charge on any atom is 0.0497 e. The van der Waals surface area contributed by atoms with Crippen LogP contribution in [0.15, 0.2) is 22.7 Å². The molecule has 2 nitrogen and oxygen atoms in total. The van der Waals surface area contributed by atoms with Crippen LogP contribution in [0.1, 0.15) is 20.3 Å². The summed E-state index contributed by atoms with van der Waals surface area (Å²) in [5.41, 5.74) is 1.50. The van der Waals surface area contributed by atoms with Crippen molar-refractivity contribution in [3.63, 3.8) is 0 Å². The van der Waals surface area contributed by atoms with Crippen molar-refractivity contribution in [3.05, 3.63) is 26.2 Å². The van der Waals surface area contributed by atoms with Gasteiger partial charge in [0.05, 0.1) is 0 Å². The number of hydrogen-bond acceptors (Lipinski definition) is 2. The highest BCUT2D eigenvalue weighted by Gasteiger charge is 2.32. The summed E-state index contributed by atoms with van der Waals surface area (Å²) in [4.78, 5) is 0. The lowest BCUT2D eigenvalue weighted by Crippen LogP contribution is -2.49. The number of nitrogens with one attached hydrogen (secondary N) is 2. The van der Waals surface area contributed by atoms with Gasteiger partial charge in [-0.25, -0.2) is 0 Å². The zero-order chi connectivity index (χ0) is 12.5. The normalized spacial score (nSPS) is 23.4. The number of anilines is 1. The Kier molecular flexibility index (Phi) is 4.36. The molecule has 2 N–H and O–H groups in total. The Labute approximate surface area is 125 Å². The third-order valence-electron chi connectivity index (χ3n) is 3.39. The van der Waals surface area contributed by atoms with Crippen molar-refractivity contribution < 1.29 is 0 Å². The van der Waals surface area contributed by atoms with Crippen LogP contribution in [0.3, 0.4) is 0 Å². The highest BCUT2D eigenvalue weighted by molar-refractivity contribution is 14.1. The van der Waals surface area contributed by atoms with Gasteiger partial charge >= 0.3 is 0 Å².